The molecule has 0 aliphatic carbocycles. The molecule has 2 atom stereocenters. The molecule has 0 bridgehead atoms. The van der Waals surface area contributed by atoms with E-state index in [1.54, 1.807) is 48.8 Å². The molecule has 1 N–H and O–H groups in total. The third-order valence-electron chi connectivity index (χ3n) is 7.61. The molecule has 0 saturated carbocycles. The first-order valence-corrected chi connectivity index (χ1v) is 14.3. The van der Waals surface area contributed by atoms with Gasteiger partial charge in [0.05, 0.1) is 18.2 Å². The van der Waals surface area contributed by atoms with Crippen LogP contribution >= 0.6 is 0 Å². The highest BCUT2D eigenvalue weighted by atomic mass is 16.5. The molecule has 2 aliphatic rings. The summed E-state index contributed by atoms with van der Waals surface area (Å²) in [4.78, 5) is 32.8. The maximum Gasteiger partial charge on any atom is 0.295 e. The number of pyridine rings is 1. The van der Waals surface area contributed by atoms with Crippen molar-refractivity contribution in [2.75, 3.05) is 6.61 Å². The van der Waals surface area contributed by atoms with Gasteiger partial charge in [0.2, 0.25) is 0 Å². The number of aliphatic hydroxyl groups is 1. The Hall–Kier alpha value is -5.11. The Labute approximate surface area is 250 Å². The van der Waals surface area contributed by atoms with Gasteiger partial charge in [0.1, 0.15) is 24.2 Å². The normalized spacial score (nSPS) is 18.8. The molecule has 1 fully saturated rings. The summed E-state index contributed by atoms with van der Waals surface area (Å²) in [6.45, 7) is 4.72. The van der Waals surface area contributed by atoms with Crippen LogP contribution in [0.5, 0.6) is 17.2 Å². The van der Waals surface area contributed by atoms with E-state index >= 15 is 0 Å². The lowest BCUT2D eigenvalue weighted by Crippen LogP contribution is -2.29. The number of carbonyl (C=O) groups excluding carboxylic acids is 2. The Morgan fingerprint density at radius 2 is 1.79 bits per heavy atom. The highest BCUT2D eigenvalue weighted by Crippen LogP contribution is 2.43. The second-order valence-corrected chi connectivity index (χ2v) is 10.7. The third-order valence-corrected chi connectivity index (χ3v) is 7.61. The van der Waals surface area contributed by atoms with Gasteiger partial charge < -0.3 is 24.2 Å². The molecule has 3 aromatic carbocycles. The summed E-state index contributed by atoms with van der Waals surface area (Å²) >= 11 is 0. The van der Waals surface area contributed by atoms with Gasteiger partial charge in [-0.1, -0.05) is 42.5 Å². The minimum Gasteiger partial charge on any atom is -0.507 e. The summed E-state index contributed by atoms with van der Waals surface area (Å²) in [6, 6.07) is 23.3. The zero-order valence-electron chi connectivity index (χ0n) is 24.0. The average molecular weight is 577 g/mol. The second kappa shape index (κ2) is 12.0. The molecule has 8 nitrogen and oxygen atoms in total. The van der Waals surface area contributed by atoms with Crippen molar-refractivity contribution in [2.45, 2.75) is 45.6 Å². The number of likely N-dealkylation sites (tertiary alicyclic amines) is 1. The van der Waals surface area contributed by atoms with Crippen LogP contribution in [0.1, 0.15) is 47.7 Å². The maximum absolute atomic E-state index is 13.6. The lowest BCUT2D eigenvalue weighted by molar-refractivity contribution is -0.140. The molecular formula is C35H32N2O6. The van der Waals surface area contributed by atoms with Crippen molar-refractivity contribution in [2.24, 2.45) is 0 Å². The van der Waals surface area contributed by atoms with Gasteiger partial charge >= 0.3 is 0 Å². The number of ketones is 1. The minimum absolute atomic E-state index is 0.0150. The highest BCUT2D eigenvalue weighted by Gasteiger charge is 2.46. The second-order valence-electron chi connectivity index (χ2n) is 10.7. The van der Waals surface area contributed by atoms with Crippen LogP contribution in [-0.2, 0) is 29.2 Å². The van der Waals surface area contributed by atoms with Crippen molar-refractivity contribution < 1.29 is 28.9 Å². The largest absolute Gasteiger partial charge is 0.507 e. The molecule has 0 unspecified atom stereocenters. The minimum atomic E-state index is -0.869. The number of amides is 1. The predicted molar refractivity (Wildman–Crippen MR) is 161 cm³/mol. The Bertz CT molecular complexity index is 1690. The lowest BCUT2D eigenvalue weighted by Gasteiger charge is -2.26. The molecule has 1 amide bonds. The summed E-state index contributed by atoms with van der Waals surface area (Å²) in [5, 5.41) is 11.6. The summed E-state index contributed by atoms with van der Waals surface area (Å²) in [5.74, 6) is 0.0829. The Balaban J connectivity index is 1.43. The van der Waals surface area contributed by atoms with E-state index in [1.807, 2.05) is 56.3 Å². The van der Waals surface area contributed by atoms with Gasteiger partial charge in [0.15, 0.2) is 11.5 Å². The van der Waals surface area contributed by atoms with E-state index in [-0.39, 0.29) is 24.0 Å². The number of carbonyl (C=O) groups is 2. The van der Waals surface area contributed by atoms with E-state index in [1.165, 1.54) is 4.90 Å². The Morgan fingerprint density at radius 3 is 2.56 bits per heavy atom. The predicted octanol–water partition coefficient (Wildman–Crippen LogP) is 6.00. The average Bonchev–Trinajstić information content (AvgIpc) is 3.52. The molecule has 2 aliphatic heterocycles. The van der Waals surface area contributed by atoms with Crippen LogP contribution in [0, 0.1) is 0 Å². The molecule has 0 radical (unpaired) electrons. The van der Waals surface area contributed by atoms with E-state index in [0.717, 1.165) is 22.4 Å². The number of aromatic nitrogens is 1. The van der Waals surface area contributed by atoms with Gasteiger partial charge in [0.25, 0.3) is 11.7 Å². The number of ether oxygens (including phenoxy) is 3. The number of aliphatic hydroxyl groups excluding tert-OH is 1. The van der Waals surface area contributed by atoms with Gasteiger partial charge in [-0.05, 0) is 72.5 Å². The van der Waals surface area contributed by atoms with Crippen LogP contribution in [0.15, 0.2) is 96.8 Å². The van der Waals surface area contributed by atoms with E-state index in [0.29, 0.717) is 42.3 Å². The van der Waals surface area contributed by atoms with E-state index in [4.69, 9.17) is 14.2 Å². The molecular weight excluding hydrogens is 544 g/mol. The van der Waals surface area contributed by atoms with Crippen LogP contribution < -0.4 is 14.2 Å². The van der Waals surface area contributed by atoms with Gasteiger partial charge in [-0.3, -0.25) is 14.6 Å². The molecule has 0 spiro atoms. The summed E-state index contributed by atoms with van der Waals surface area (Å²) in [5.41, 5.74) is 3.78. The zero-order chi connectivity index (χ0) is 29.9. The van der Waals surface area contributed by atoms with Gasteiger partial charge in [0, 0.05) is 30.9 Å². The Kier molecular flexibility index (Phi) is 7.83. The summed E-state index contributed by atoms with van der Waals surface area (Å²) in [7, 11) is 0. The number of benzene rings is 3. The molecule has 43 heavy (non-hydrogen) atoms. The first kappa shape index (κ1) is 28.0. The molecule has 6 rings (SSSR count). The topological polar surface area (TPSA) is 98.2 Å². The summed E-state index contributed by atoms with van der Waals surface area (Å²) in [6.07, 6.45) is 4.02. The van der Waals surface area contributed by atoms with Gasteiger partial charge in [-0.25, -0.2) is 0 Å². The lowest BCUT2D eigenvalue weighted by atomic mass is 9.94. The molecule has 8 heteroatoms. The van der Waals surface area contributed by atoms with Crippen LogP contribution in [0.2, 0.25) is 0 Å². The maximum atomic E-state index is 13.6. The van der Waals surface area contributed by atoms with Gasteiger partial charge in [-0.2, -0.15) is 0 Å². The Morgan fingerprint density at radius 1 is 0.977 bits per heavy atom. The summed E-state index contributed by atoms with van der Waals surface area (Å²) < 4.78 is 17.9. The zero-order valence-corrected chi connectivity index (χ0v) is 24.0. The SMILES string of the molecule is CCOc1cc([C@@H]2C(=C(O)c3ccc4c(c3)C[C@@H](C)O4)C(=O)C(=O)N2Cc2cccnc2)ccc1OCc1ccccc1. The first-order chi connectivity index (χ1) is 20.9. The number of hydrogen-bond acceptors (Lipinski definition) is 7. The fourth-order valence-corrected chi connectivity index (χ4v) is 5.62. The number of hydrogen-bond donors (Lipinski definition) is 1. The van der Waals surface area contributed by atoms with Crippen molar-refractivity contribution in [1.82, 2.24) is 9.88 Å². The number of fused-ring (bicyclic) bond motifs is 1. The van der Waals surface area contributed by atoms with Crippen LogP contribution in [-0.4, -0.2) is 39.4 Å². The molecule has 4 aromatic rings. The number of nitrogens with zero attached hydrogens (tertiary/aromatic N) is 2. The van der Waals surface area contributed by atoms with E-state index < -0.39 is 17.7 Å². The van der Waals surface area contributed by atoms with Crippen LogP contribution in [0.3, 0.4) is 0 Å². The van der Waals surface area contributed by atoms with Crippen molar-refractivity contribution >= 4 is 17.4 Å². The van der Waals surface area contributed by atoms with Crippen molar-refractivity contribution in [3.63, 3.8) is 0 Å². The number of Topliss-reactive ketones (excluding diaryl/α,β-unsaturated/α-hetero) is 1. The monoisotopic (exact) mass is 576 g/mol. The first-order valence-electron chi connectivity index (χ1n) is 14.3. The fraction of sp³-hybridized carbons (Fsp3) is 0.229. The molecule has 1 saturated heterocycles. The molecule has 1 aromatic heterocycles. The van der Waals surface area contributed by atoms with Crippen molar-refractivity contribution in [3.05, 3.63) is 125 Å². The van der Waals surface area contributed by atoms with E-state index in [9.17, 15) is 14.7 Å². The molecule has 3 heterocycles. The third kappa shape index (κ3) is 5.68. The standard InChI is InChI=1S/C35H32N2O6/c1-3-41-30-18-25(11-14-29(30)42-21-23-8-5-4-6-9-23)32-31(33(38)26-12-13-28-27(17-26)16-22(2)43-28)34(39)35(40)37(32)20-24-10-7-15-36-19-24/h4-15,17-19,22,32,38H,3,16,20-21H2,1-2H3/t22-,32-/m1/s1. The fourth-order valence-electron chi connectivity index (χ4n) is 5.62. The number of rotatable bonds is 9. The molecule has 218 valence electrons. The van der Waals surface area contributed by atoms with Crippen molar-refractivity contribution in [1.29, 1.82) is 0 Å². The van der Waals surface area contributed by atoms with Crippen LogP contribution in [0.4, 0.5) is 0 Å². The quantitative estimate of drug-likeness (QED) is 0.148. The van der Waals surface area contributed by atoms with Gasteiger partial charge in [-0.15, -0.1) is 0 Å². The smallest absolute Gasteiger partial charge is 0.295 e. The van der Waals surface area contributed by atoms with E-state index in [2.05, 4.69) is 4.98 Å². The van der Waals surface area contributed by atoms with Crippen LogP contribution in [0.25, 0.3) is 5.76 Å². The highest BCUT2D eigenvalue weighted by molar-refractivity contribution is 6.46. The van der Waals surface area contributed by atoms with Crippen molar-refractivity contribution in [3.8, 4) is 17.2 Å².